The number of hydrogen-bond donors (Lipinski definition) is 0. The second kappa shape index (κ2) is 19.0. The van der Waals surface area contributed by atoms with E-state index in [2.05, 4.69) is 307 Å². The molecule has 15 rings (SSSR count). The van der Waals surface area contributed by atoms with Gasteiger partial charge in [0.15, 0.2) is 0 Å². The summed E-state index contributed by atoms with van der Waals surface area (Å²) in [6.45, 7) is 38.7. The van der Waals surface area contributed by atoms with Gasteiger partial charge in [-0.05, 0) is 204 Å². The molecule has 6 bridgehead atoms. The van der Waals surface area contributed by atoms with Crippen LogP contribution in [0, 0.1) is 0 Å². The first-order valence-corrected chi connectivity index (χ1v) is 33.2. The Balaban J connectivity index is 1.11. The van der Waals surface area contributed by atoms with Crippen LogP contribution >= 0.6 is 0 Å². The zero-order chi connectivity index (χ0) is 61.6. The first-order valence-electron chi connectivity index (χ1n) is 33.2. The maximum atomic E-state index is 2.91. The molecule has 4 heterocycles. The molecule has 0 aromatic heterocycles. The normalized spacial score (nSPS) is 21.3. The van der Waals surface area contributed by atoms with E-state index < -0.39 is 0 Å². The van der Waals surface area contributed by atoms with E-state index in [4.69, 9.17) is 0 Å². The largest absolute Gasteiger partial charge is 0.334 e. The number of anilines is 8. The Morgan fingerprint density at radius 3 is 1.44 bits per heavy atom. The molecule has 3 nitrogen and oxygen atoms in total. The zero-order valence-corrected chi connectivity index (χ0v) is 55.5. The lowest BCUT2D eigenvalue weighted by Crippen LogP contribution is -2.62. The van der Waals surface area contributed by atoms with Crippen molar-refractivity contribution >= 4 is 68.6 Å². The highest BCUT2D eigenvalue weighted by Crippen LogP contribution is 2.65. The fourth-order valence-corrected chi connectivity index (χ4v) is 17.4. The fraction of sp³-hybridized carbons (Fsp3) is 0.357. The monoisotopic (exact) mass is 1150 g/mol. The summed E-state index contributed by atoms with van der Waals surface area (Å²) in [5.74, 6) is 0. The molecule has 0 saturated heterocycles. The van der Waals surface area contributed by atoms with Crippen LogP contribution in [0.2, 0.25) is 0 Å². The summed E-state index contributed by atoms with van der Waals surface area (Å²) in [7, 11) is 0. The van der Waals surface area contributed by atoms with E-state index in [1.165, 1.54) is 147 Å². The summed E-state index contributed by atoms with van der Waals surface area (Å²) in [5.41, 5.74) is 30.8. The summed E-state index contributed by atoms with van der Waals surface area (Å²) in [6, 6.07) is 73.7. The van der Waals surface area contributed by atoms with Gasteiger partial charge in [0.25, 0.3) is 6.71 Å². The highest BCUT2D eigenvalue weighted by atomic mass is 15.3. The Kier molecular flexibility index (Phi) is 12.3. The van der Waals surface area contributed by atoms with Crippen LogP contribution in [0.4, 0.5) is 45.5 Å². The van der Waals surface area contributed by atoms with Crippen LogP contribution in [0.25, 0.3) is 22.3 Å². The number of fused-ring (bicyclic) bond motifs is 7. The predicted octanol–water partition coefficient (Wildman–Crippen LogP) is 20.8. The van der Waals surface area contributed by atoms with Gasteiger partial charge in [-0.3, -0.25) is 0 Å². The van der Waals surface area contributed by atoms with Crippen LogP contribution in [-0.4, -0.2) is 12.3 Å². The second-order valence-corrected chi connectivity index (χ2v) is 32.7. The Morgan fingerprint density at radius 1 is 0.364 bits per heavy atom. The Morgan fingerprint density at radius 2 is 0.875 bits per heavy atom. The molecular weight excluding hydrogens is 1060 g/mol. The number of hydrogen-bond acceptors (Lipinski definition) is 3. The summed E-state index contributed by atoms with van der Waals surface area (Å²) < 4.78 is 0. The molecular formula is C84H90BN3. The molecule has 9 aromatic rings. The molecule has 0 spiro atoms. The van der Waals surface area contributed by atoms with Crippen molar-refractivity contribution in [3.63, 3.8) is 0 Å². The van der Waals surface area contributed by atoms with E-state index in [0.29, 0.717) is 0 Å². The van der Waals surface area contributed by atoms with Crippen LogP contribution < -0.4 is 31.1 Å². The van der Waals surface area contributed by atoms with Crippen molar-refractivity contribution in [2.24, 2.45) is 0 Å². The van der Waals surface area contributed by atoms with Gasteiger partial charge in [0.05, 0.1) is 16.9 Å². The molecule has 0 amide bonds. The topological polar surface area (TPSA) is 9.72 Å². The third kappa shape index (κ3) is 8.21. The highest BCUT2D eigenvalue weighted by Gasteiger charge is 2.62. The average Bonchev–Trinajstić information content (AvgIpc) is 1.27. The molecule has 6 aliphatic rings. The van der Waals surface area contributed by atoms with Crippen LogP contribution in [0.1, 0.15) is 199 Å². The molecule has 444 valence electrons. The Labute approximate surface area is 527 Å². The van der Waals surface area contributed by atoms with E-state index >= 15 is 0 Å². The molecule has 4 aliphatic heterocycles. The SMILES string of the molecule is CC(C)(C)c1ccc(C23CCCCC2(C)N2c4ccc5c(c4)B4c6cc7c(cc6N(c6ccc(C(C)(C)C)cc6-c6ccccc6)c6cc(C(C)(C)C)cc(c64)N5c4ccc(C(C)(C)C)cc4-c4ccccc4)C(C)(C)CCC7(C)c4ccc3c2c4)cc1. The van der Waals surface area contributed by atoms with Crippen molar-refractivity contribution in [2.45, 2.75) is 193 Å². The summed E-state index contributed by atoms with van der Waals surface area (Å²) in [5, 5.41) is 0. The molecule has 3 atom stereocenters. The second-order valence-electron chi connectivity index (χ2n) is 32.7. The maximum absolute atomic E-state index is 2.91. The fourth-order valence-electron chi connectivity index (χ4n) is 17.4. The minimum atomic E-state index is -0.264. The van der Waals surface area contributed by atoms with E-state index in [1.54, 1.807) is 0 Å². The van der Waals surface area contributed by atoms with Gasteiger partial charge in [0, 0.05) is 56.1 Å². The van der Waals surface area contributed by atoms with Gasteiger partial charge in [-0.1, -0.05) is 232 Å². The maximum Gasteiger partial charge on any atom is 0.252 e. The zero-order valence-electron chi connectivity index (χ0n) is 55.5. The minimum Gasteiger partial charge on any atom is -0.334 e. The van der Waals surface area contributed by atoms with Crippen LogP contribution in [0.3, 0.4) is 0 Å². The number of benzene rings is 9. The average molecular weight is 1150 g/mol. The van der Waals surface area contributed by atoms with E-state index in [-0.39, 0.29) is 50.2 Å². The standard InChI is InChI=1S/C84H90BN3/c1-77(2,3)55-29-31-56(32-30-55)84-42-24-23-41-83(84,16)88-61-36-40-71-67(50-61)85-68-51-66-65(81(13,14)43-44-82(66,15)59-33-37-64(84)72(88)47-59)52-73(68)87(70-39-35-58(79(7,8)9)46-63(70)54-27-21-18-22-28-54)75-49-60(80(10,11)12)48-74(76(75)85)86(71)69-38-34-57(78(4,5)6)45-62(69)53-25-19-17-20-26-53/h17-22,25-40,45-52H,23-24,41-44H2,1-16H3. The quantitative estimate of drug-likeness (QED) is 0.159. The highest BCUT2D eigenvalue weighted by molar-refractivity contribution is 7.00. The van der Waals surface area contributed by atoms with Gasteiger partial charge < -0.3 is 14.7 Å². The van der Waals surface area contributed by atoms with Gasteiger partial charge in [-0.25, -0.2) is 0 Å². The third-order valence-corrected chi connectivity index (χ3v) is 22.7. The summed E-state index contributed by atoms with van der Waals surface area (Å²) in [4.78, 5) is 8.39. The van der Waals surface area contributed by atoms with Crippen molar-refractivity contribution in [3.8, 4) is 22.3 Å². The lowest BCUT2D eigenvalue weighted by Gasteiger charge is -2.53. The lowest BCUT2D eigenvalue weighted by atomic mass is 9.33. The third-order valence-electron chi connectivity index (χ3n) is 22.7. The summed E-state index contributed by atoms with van der Waals surface area (Å²) >= 11 is 0. The van der Waals surface area contributed by atoms with Crippen LogP contribution in [0.5, 0.6) is 0 Å². The molecule has 4 heteroatoms. The Hall–Kier alpha value is -7.56. The Bertz CT molecular complexity index is 4330. The van der Waals surface area contributed by atoms with Crippen LogP contribution in [0.15, 0.2) is 182 Å². The van der Waals surface area contributed by atoms with E-state index in [1.807, 2.05) is 0 Å². The molecule has 9 aromatic carbocycles. The van der Waals surface area contributed by atoms with Crippen molar-refractivity contribution in [1.29, 1.82) is 0 Å². The van der Waals surface area contributed by atoms with Gasteiger partial charge in [-0.2, -0.15) is 0 Å². The molecule has 88 heavy (non-hydrogen) atoms. The van der Waals surface area contributed by atoms with Crippen LogP contribution in [-0.2, 0) is 37.9 Å². The molecule has 3 unspecified atom stereocenters. The van der Waals surface area contributed by atoms with Crippen molar-refractivity contribution in [3.05, 3.63) is 232 Å². The lowest BCUT2D eigenvalue weighted by molar-refractivity contribution is 0.215. The molecule has 2 aliphatic carbocycles. The van der Waals surface area contributed by atoms with Crippen molar-refractivity contribution in [2.75, 3.05) is 14.7 Å². The molecule has 1 fully saturated rings. The van der Waals surface area contributed by atoms with Gasteiger partial charge in [0.2, 0.25) is 0 Å². The molecule has 0 radical (unpaired) electrons. The first kappa shape index (κ1) is 56.9. The number of rotatable bonds is 5. The molecule has 1 saturated carbocycles. The van der Waals surface area contributed by atoms with Gasteiger partial charge in [0.1, 0.15) is 0 Å². The van der Waals surface area contributed by atoms with E-state index in [9.17, 15) is 0 Å². The smallest absolute Gasteiger partial charge is 0.252 e. The minimum absolute atomic E-state index is 0.0591. The van der Waals surface area contributed by atoms with Gasteiger partial charge in [-0.15, -0.1) is 0 Å². The predicted molar refractivity (Wildman–Crippen MR) is 378 cm³/mol. The first-order chi connectivity index (χ1) is 41.6. The van der Waals surface area contributed by atoms with Crippen molar-refractivity contribution in [1.82, 2.24) is 0 Å². The number of nitrogens with zero attached hydrogens (tertiary/aromatic N) is 3. The van der Waals surface area contributed by atoms with Crippen molar-refractivity contribution < 1.29 is 0 Å². The molecule has 0 N–H and O–H groups in total. The summed E-state index contributed by atoms with van der Waals surface area (Å²) in [6.07, 6.45) is 6.75. The van der Waals surface area contributed by atoms with E-state index in [0.717, 1.165) is 25.7 Å². The van der Waals surface area contributed by atoms with Gasteiger partial charge >= 0.3 is 0 Å².